The lowest BCUT2D eigenvalue weighted by molar-refractivity contribution is 0.251. The number of rotatable bonds is 0. The van der Waals surface area contributed by atoms with E-state index in [9.17, 15) is 0 Å². The fourth-order valence-corrected chi connectivity index (χ4v) is 2.19. The van der Waals surface area contributed by atoms with Crippen LogP contribution in [0.3, 0.4) is 0 Å². The SMILES string of the molecule is Brc1ccc2c(c1)NCC1(CC1)CO2. The number of halogens is 1. The third kappa shape index (κ3) is 1.40. The zero-order chi connectivity index (χ0) is 9.60. The second-order valence-electron chi connectivity index (χ2n) is 4.28. The average molecular weight is 254 g/mol. The number of fused-ring (bicyclic) bond motifs is 1. The smallest absolute Gasteiger partial charge is 0.142 e. The third-order valence-corrected chi connectivity index (χ3v) is 3.58. The van der Waals surface area contributed by atoms with E-state index in [4.69, 9.17) is 4.74 Å². The second kappa shape index (κ2) is 2.89. The lowest BCUT2D eigenvalue weighted by atomic mass is 10.1. The predicted octanol–water partition coefficient (Wildman–Crippen LogP) is 3.03. The van der Waals surface area contributed by atoms with Crippen molar-refractivity contribution in [3.63, 3.8) is 0 Å². The van der Waals surface area contributed by atoms with Crippen molar-refractivity contribution in [3.8, 4) is 5.75 Å². The number of anilines is 1. The Morgan fingerprint density at radius 2 is 2.21 bits per heavy atom. The summed E-state index contributed by atoms with van der Waals surface area (Å²) >= 11 is 3.46. The van der Waals surface area contributed by atoms with Crippen molar-refractivity contribution in [1.82, 2.24) is 0 Å². The summed E-state index contributed by atoms with van der Waals surface area (Å²) in [6.45, 7) is 1.92. The highest BCUT2D eigenvalue weighted by molar-refractivity contribution is 9.10. The summed E-state index contributed by atoms with van der Waals surface area (Å²) in [4.78, 5) is 0. The minimum Gasteiger partial charge on any atom is -0.491 e. The molecule has 14 heavy (non-hydrogen) atoms. The maximum absolute atomic E-state index is 5.80. The summed E-state index contributed by atoms with van der Waals surface area (Å²) in [7, 11) is 0. The summed E-state index contributed by atoms with van der Waals surface area (Å²) in [5, 5.41) is 3.46. The van der Waals surface area contributed by atoms with Crippen molar-refractivity contribution in [2.45, 2.75) is 12.8 Å². The van der Waals surface area contributed by atoms with Crippen LogP contribution in [0.15, 0.2) is 22.7 Å². The van der Waals surface area contributed by atoms with E-state index in [-0.39, 0.29) is 0 Å². The lowest BCUT2D eigenvalue weighted by Gasteiger charge is -2.09. The molecule has 0 atom stereocenters. The zero-order valence-electron chi connectivity index (χ0n) is 7.85. The average Bonchev–Trinajstić information content (AvgIpc) is 2.96. The van der Waals surface area contributed by atoms with Crippen LogP contribution >= 0.6 is 15.9 Å². The standard InChI is InChI=1S/C11H12BrNO/c12-8-1-2-10-9(5-8)13-6-11(3-4-11)7-14-10/h1-2,5,13H,3-4,6-7H2. The molecule has 1 fully saturated rings. The molecule has 2 aliphatic rings. The first-order valence-corrected chi connectivity index (χ1v) is 5.73. The van der Waals surface area contributed by atoms with Crippen LogP contribution in [-0.4, -0.2) is 13.2 Å². The first kappa shape index (κ1) is 8.60. The van der Waals surface area contributed by atoms with Gasteiger partial charge in [0.2, 0.25) is 0 Å². The molecule has 1 aromatic rings. The third-order valence-electron chi connectivity index (χ3n) is 3.09. The molecule has 0 aromatic heterocycles. The Bertz CT molecular complexity index is 374. The van der Waals surface area contributed by atoms with Crippen LogP contribution in [0.1, 0.15) is 12.8 Å². The number of nitrogens with one attached hydrogen (secondary N) is 1. The molecule has 0 radical (unpaired) electrons. The van der Waals surface area contributed by atoms with Crippen LogP contribution in [0.4, 0.5) is 5.69 Å². The highest BCUT2D eigenvalue weighted by atomic mass is 79.9. The summed E-state index contributed by atoms with van der Waals surface area (Å²) in [6, 6.07) is 6.12. The molecule has 0 unspecified atom stereocenters. The highest BCUT2D eigenvalue weighted by Crippen LogP contribution is 2.48. The Labute approximate surface area is 91.8 Å². The number of benzene rings is 1. The van der Waals surface area contributed by atoms with Crippen LogP contribution in [0.2, 0.25) is 0 Å². The van der Waals surface area contributed by atoms with E-state index in [1.54, 1.807) is 0 Å². The van der Waals surface area contributed by atoms with Gasteiger partial charge < -0.3 is 10.1 Å². The topological polar surface area (TPSA) is 21.3 Å². The van der Waals surface area contributed by atoms with Gasteiger partial charge in [0.1, 0.15) is 5.75 Å². The first-order chi connectivity index (χ1) is 6.77. The van der Waals surface area contributed by atoms with Crippen molar-refractivity contribution < 1.29 is 4.74 Å². The summed E-state index contributed by atoms with van der Waals surface area (Å²) in [6.07, 6.45) is 2.60. The van der Waals surface area contributed by atoms with Crippen LogP contribution in [-0.2, 0) is 0 Å². The summed E-state index contributed by atoms with van der Waals surface area (Å²) < 4.78 is 6.89. The first-order valence-electron chi connectivity index (χ1n) is 4.94. The zero-order valence-corrected chi connectivity index (χ0v) is 9.43. The molecule has 1 N–H and O–H groups in total. The number of ether oxygens (including phenoxy) is 1. The Morgan fingerprint density at radius 1 is 1.36 bits per heavy atom. The van der Waals surface area contributed by atoms with Gasteiger partial charge in [0, 0.05) is 16.4 Å². The lowest BCUT2D eigenvalue weighted by Crippen LogP contribution is -2.18. The Kier molecular flexibility index (Phi) is 1.78. The van der Waals surface area contributed by atoms with Crippen molar-refractivity contribution >= 4 is 21.6 Å². The van der Waals surface area contributed by atoms with Gasteiger partial charge in [-0.15, -0.1) is 0 Å². The molecule has 3 rings (SSSR count). The maximum atomic E-state index is 5.80. The van der Waals surface area contributed by atoms with Crippen LogP contribution in [0.25, 0.3) is 0 Å². The Morgan fingerprint density at radius 3 is 3.00 bits per heavy atom. The fourth-order valence-electron chi connectivity index (χ4n) is 1.83. The summed E-state index contributed by atoms with van der Waals surface area (Å²) in [5.41, 5.74) is 1.55. The molecular formula is C11H12BrNO. The predicted molar refractivity (Wildman–Crippen MR) is 59.8 cm³/mol. The van der Waals surface area contributed by atoms with Crippen molar-refractivity contribution in [3.05, 3.63) is 22.7 Å². The van der Waals surface area contributed by atoms with Crippen LogP contribution in [0.5, 0.6) is 5.75 Å². The van der Waals surface area contributed by atoms with Gasteiger partial charge in [-0.1, -0.05) is 15.9 Å². The molecule has 1 spiro atoms. The normalized spacial score (nSPS) is 21.8. The van der Waals surface area contributed by atoms with Crippen molar-refractivity contribution in [1.29, 1.82) is 0 Å². The van der Waals surface area contributed by atoms with E-state index in [2.05, 4.69) is 27.3 Å². The molecule has 2 nitrogen and oxygen atoms in total. The molecule has 3 heteroatoms. The van der Waals surface area contributed by atoms with Gasteiger partial charge in [-0.2, -0.15) is 0 Å². The van der Waals surface area contributed by atoms with E-state index >= 15 is 0 Å². The van der Waals surface area contributed by atoms with Gasteiger partial charge in [0.15, 0.2) is 0 Å². The monoisotopic (exact) mass is 253 g/mol. The molecule has 1 saturated carbocycles. The minimum absolute atomic E-state index is 0.436. The maximum Gasteiger partial charge on any atom is 0.142 e. The molecular weight excluding hydrogens is 242 g/mol. The molecule has 0 amide bonds. The number of hydrogen-bond acceptors (Lipinski definition) is 2. The molecule has 1 aromatic carbocycles. The van der Waals surface area contributed by atoms with E-state index in [1.807, 2.05) is 12.1 Å². The van der Waals surface area contributed by atoms with E-state index < -0.39 is 0 Å². The van der Waals surface area contributed by atoms with Gasteiger partial charge in [-0.05, 0) is 31.0 Å². The Balaban J connectivity index is 1.93. The van der Waals surface area contributed by atoms with Crippen molar-refractivity contribution in [2.75, 3.05) is 18.5 Å². The van der Waals surface area contributed by atoms with Crippen LogP contribution in [0, 0.1) is 5.41 Å². The van der Waals surface area contributed by atoms with E-state index in [0.29, 0.717) is 5.41 Å². The van der Waals surface area contributed by atoms with E-state index in [0.717, 1.165) is 29.1 Å². The second-order valence-corrected chi connectivity index (χ2v) is 5.20. The minimum atomic E-state index is 0.436. The van der Waals surface area contributed by atoms with Gasteiger partial charge in [-0.25, -0.2) is 0 Å². The van der Waals surface area contributed by atoms with Gasteiger partial charge >= 0.3 is 0 Å². The molecule has 1 heterocycles. The van der Waals surface area contributed by atoms with Gasteiger partial charge in [0.05, 0.1) is 12.3 Å². The van der Waals surface area contributed by atoms with Crippen LogP contribution < -0.4 is 10.1 Å². The molecule has 0 bridgehead atoms. The Hall–Kier alpha value is -0.700. The molecule has 0 saturated heterocycles. The molecule has 74 valence electrons. The van der Waals surface area contributed by atoms with Crippen molar-refractivity contribution in [2.24, 2.45) is 5.41 Å². The number of hydrogen-bond donors (Lipinski definition) is 1. The quantitative estimate of drug-likeness (QED) is 0.768. The van der Waals surface area contributed by atoms with E-state index in [1.165, 1.54) is 12.8 Å². The molecule has 1 aliphatic heterocycles. The fraction of sp³-hybridized carbons (Fsp3) is 0.455. The van der Waals surface area contributed by atoms with Gasteiger partial charge in [0.25, 0.3) is 0 Å². The largest absolute Gasteiger partial charge is 0.491 e. The van der Waals surface area contributed by atoms with Gasteiger partial charge in [-0.3, -0.25) is 0 Å². The summed E-state index contributed by atoms with van der Waals surface area (Å²) in [5.74, 6) is 0.983. The molecule has 1 aliphatic carbocycles. The highest BCUT2D eigenvalue weighted by Gasteiger charge is 2.44.